The normalized spacial score (nSPS) is 12.4. The minimum absolute atomic E-state index is 0. The van der Waals surface area contributed by atoms with E-state index in [1.54, 1.807) is 0 Å². The van der Waals surface area contributed by atoms with Crippen LogP contribution < -0.4 is 17.0 Å². The molecule has 0 spiro atoms. The topological polar surface area (TPSA) is 17.1 Å². The van der Waals surface area contributed by atoms with Crippen LogP contribution in [-0.4, -0.2) is 36.9 Å². The number of nitrogens with zero attached hydrogens (tertiary/aromatic N) is 1. The molecule has 0 heterocycles. The molecule has 0 N–H and O–H groups in total. The molecule has 0 aromatic heterocycles. The van der Waals surface area contributed by atoms with Gasteiger partial charge in [-0.1, -0.05) is 136 Å². The molecular weight excluding hydrogens is 470 g/mol. The monoisotopic (exact) mass is 529 g/mol. The Morgan fingerprint density at radius 2 is 0.970 bits per heavy atom. The molecule has 0 fully saturated rings. The summed E-state index contributed by atoms with van der Waals surface area (Å²) < 4.78 is 0.806. The molecule has 0 rings (SSSR count). The summed E-state index contributed by atoms with van der Waals surface area (Å²) in [7, 11) is 4.40. The number of ketones is 1. The first-order chi connectivity index (χ1) is 15.5. The Hall–Kier alpha value is -0.150. The van der Waals surface area contributed by atoms with Gasteiger partial charge in [0.1, 0.15) is 0 Å². The third-order valence-electron chi connectivity index (χ3n) is 7.25. The van der Waals surface area contributed by atoms with Gasteiger partial charge in [0, 0.05) is 6.42 Å². The average Bonchev–Trinajstić information content (AvgIpc) is 2.77. The van der Waals surface area contributed by atoms with E-state index >= 15 is 0 Å². The highest BCUT2D eigenvalue weighted by atomic mass is 79.9. The third kappa shape index (κ3) is 20.9. The molecule has 1 atom stereocenters. The smallest absolute Gasteiger partial charge is 0.212 e. The molecule has 0 aromatic carbocycles. The molecule has 0 radical (unpaired) electrons. The van der Waals surface area contributed by atoms with Crippen LogP contribution >= 0.6 is 0 Å². The van der Waals surface area contributed by atoms with Crippen molar-refractivity contribution in [2.45, 2.75) is 155 Å². The van der Waals surface area contributed by atoms with E-state index in [1.807, 2.05) is 0 Å². The van der Waals surface area contributed by atoms with Crippen molar-refractivity contribution in [3.63, 3.8) is 0 Å². The predicted octanol–water partition coefficient (Wildman–Crippen LogP) is 6.42. The number of likely N-dealkylation sites (N-methyl/N-ethyl adjacent to an activating group) is 1. The minimum atomic E-state index is 0. The van der Waals surface area contributed by atoms with Gasteiger partial charge in [0.2, 0.25) is 5.78 Å². The van der Waals surface area contributed by atoms with Crippen molar-refractivity contribution in [1.29, 1.82) is 0 Å². The molecule has 0 aliphatic carbocycles. The van der Waals surface area contributed by atoms with Crippen molar-refractivity contribution in [2.75, 3.05) is 20.6 Å². The van der Waals surface area contributed by atoms with Gasteiger partial charge in [-0.3, -0.25) is 4.79 Å². The van der Waals surface area contributed by atoms with Crippen LogP contribution in [0.25, 0.3) is 0 Å². The summed E-state index contributed by atoms with van der Waals surface area (Å²) in [4.78, 5) is 12.3. The van der Waals surface area contributed by atoms with E-state index < -0.39 is 0 Å². The Kier molecular flexibility index (Phi) is 26.5. The third-order valence-corrected chi connectivity index (χ3v) is 7.25. The van der Waals surface area contributed by atoms with Crippen LogP contribution in [0.3, 0.4) is 0 Å². The van der Waals surface area contributed by atoms with Crippen LogP contribution in [0.4, 0.5) is 0 Å². The fourth-order valence-corrected chi connectivity index (χ4v) is 5.12. The second-order valence-electron chi connectivity index (χ2n) is 10.8. The predicted molar refractivity (Wildman–Crippen MR) is 144 cm³/mol. The van der Waals surface area contributed by atoms with Gasteiger partial charge in [-0.2, -0.15) is 0 Å². The van der Waals surface area contributed by atoms with Crippen molar-refractivity contribution >= 4 is 5.78 Å². The zero-order valence-corrected chi connectivity index (χ0v) is 24.7. The first-order valence-electron chi connectivity index (χ1n) is 14.5. The van der Waals surface area contributed by atoms with Gasteiger partial charge in [-0.15, -0.1) is 0 Å². The minimum Gasteiger partial charge on any atom is -1.00 e. The van der Waals surface area contributed by atoms with E-state index in [4.69, 9.17) is 0 Å². The second-order valence-corrected chi connectivity index (χ2v) is 10.8. The molecule has 3 heteroatoms. The molecule has 1 unspecified atom stereocenters. The quantitative estimate of drug-likeness (QED) is 0.0756. The maximum absolute atomic E-state index is 12.3. The highest BCUT2D eigenvalue weighted by Gasteiger charge is 2.31. The lowest BCUT2D eigenvalue weighted by Gasteiger charge is -2.36. The summed E-state index contributed by atoms with van der Waals surface area (Å²) >= 11 is 0. The SMILES string of the molecule is C=CC(=O)C(CCCCCCCCCCCCCCCCCCCCC)[N+](C)(C)CCC.[Br-]. The fraction of sp³-hybridized carbons (Fsp3) is 0.900. The Bertz CT molecular complexity index is 435. The van der Waals surface area contributed by atoms with Crippen molar-refractivity contribution in [1.82, 2.24) is 0 Å². The number of halogens is 1. The van der Waals surface area contributed by atoms with Crippen molar-refractivity contribution < 1.29 is 26.3 Å². The summed E-state index contributed by atoms with van der Waals surface area (Å²) in [5.41, 5.74) is 0. The number of unbranched alkanes of at least 4 members (excludes halogenated alkanes) is 18. The van der Waals surface area contributed by atoms with Crippen LogP contribution in [0.2, 0.25) is 0 Å². The summed E-state index contributed by atoms with van der Waals surface area (Å²) in [6, 6.07) is 0.0956. The largest absolute Gasteiger partial charge is 1.00 e. The molecule has 0 aliphatic rings. The maximum Gasteiger partial charge on any atom is 0.212 e. The van der Waals surface area contributed by atoms with Gasteiger partial charge in [0.25, 0.3) is 0 Å². The number of quaternary nitrogens is 1. The van der Waals surface area contributed by atoms with Crippen molar-refractivity contribution in [3.05, 3.63) is 12.7 Å². The summed E-state index contributed by atoms with van der Waals surface area (Å²) in [6.07, 6.45) is 30.4. The zero-order valence-electron chi connectivity index (χ0n) is 23.2. The van der Waals surface area contributed by atoms with Crippen molar-refractivity contribution in [3.8, 4) is 0 Å². The number of carbonyl (C=O) groups is 1. The van der Waals surface area contributed by atoms with E-state index in [1.165, 1.54) is 128 Å². The number of carbonyl (C=O) groups excluding carboxylic acids is 1. The summed E-state index contributed by atoms with van der Waals surface area (Å²) in [5, 5.41) is 0. The van der Waals surface area contributed by atoms with Gasteiger partial charge < -0.3 is 21.5 Å². The van der Waals surface area contributed by atoms with E-state index in [0.29, 0.717) is 0 Å². The molecular formula is C30H60BrNO. The molecule has 0 bridgehead atoms. The standard InChI is InChI=1S/C30H60NO.BrH/c1-6-9-10-11-12-13-14-15-16-17-18-19-20-21-22-23-24-25-26-27-29(30(32)8-3)31(4,5)28-7-2;/h8,29H,3,6-7,9-28H2,1-2,4-5H3;1H/q+1;/p-1. The van der Waals surface area contributed by atoms with Crippen molar-refractivity contribution in [2.24, 2.45) is 0 Å². The zero-order chi connectivity index (χ0) is 23.9. The lowest BCUT2D eigenvalue weighted by Crippen LogP contribution is -3.00. The Morgan fingerprint density at radius 1 is 0.636 bits per heavy atom. The first kappa shape index (κ1) is 35.0. The van der Waals surface area contributed by atoms with Crippen LogP contribution in [0.1, 0.15) is 149 Å². The first-order valence-corrected chi connectivity index (χ1v) is 14.5. The van der Waals surface area contributed by atoms with Gasteiger partial charge >= 0.3 is 0 Å². The lowest BCUT2D eigenvalue weighted by atomic mass is 9.99. The van der Waals surface area contributed by atoms with E-state index in [0.717, 1.165) is 23.9 Å². The number of hydrogen-bond acceptors (Lipinski definition) is 1. The number of rotatable bonds is 25. The van der Waals surface area contributed by atoms with E-state index in [9.17, 15) is 4.79 Å². The summed E-state index contributed by atoms with van der Waals surface area (Å²) in [6.45, 7) is 9.28. The number of hydrogen-bond donors (Lipinski definition) is 0. The average molecular weight is 531 g/mol. The second kappa shape index (κ2) is 25.0. The molecule has 2 nitrogen and oxygen atoms in total. The maximum atomic E-state index is 12.3. The molecule has 0 saturated carbocycles. The molecule has 198 valence electrons. The Labute approximate surface area is 219 Å². The molecule has 33 heavy (non-hydrogen) atoms. The Balaban J connectivity index is 0. The molecule has 0 aliphatic heterocycles. The van der Waals surface area contributed by atoms with E-state index in [2.05, 4.69) is 34.5 Å². The highest BCUT2D eigenvalue weighted by Crippen LogP contribution is 2.19. The fourth-order valence-electron chi connectivity index (χ4n) is 5.12. The van der Waals surface area contributed by atoms with Crippen LogP contribution in [-0.2, 0) is 4.79 Å². The van der Waals surface area contributed by atoms with Gasteiger partial charge in [-0.25, -0.2) is 0 Å². The lowest BCUT2D eigenvalue weighted by molar-refractivity contribution is -0.906. The van der Waals surface area contributed by atoms with Gasteiger partial charge in [0.05, 0.1) is 20.6 Å². The van der Waals surface area contributed by atoms with Gasteiger partial charge in [0.15, 0.2) is 6.04 Å². The van der Waals surface area contributed by atoms with Gasteiger partial charge in [-0.05, 0) is 18.9 Å². The van der Waals surface area contributed by atoms with Crippen LogP contribution in [0.15, 0.2) is 12.7 Å². The molecule has 0 aromatic rings. The molecule has 0 amide bonds. The van der Waals surface area contributed by atoms with Crippen LogP contribution in [0.5, 0.6) is 0 Å². The Morgan fingerprint density at radius 3 is 1.27 bits per heavy atom. The van der Waals surface area contributed by atoms with E-state index in [-0.39, 0.29) is 28.8 Å². The summed E-state index contributed by atoms with van der Waals surface area (Å²) in [5.74, 6) is 0.228. The van der Waals surface area contributed by atoms with Crippen LogP contribution in [0, 0.1) is 0 Å². The highest BCUT2D eigenvalue weighted by molar-refractivity contribution is 5.92. The molecule has 0 saturated heterocycles.